The first kappa shape index (κ1) is 15.5. The summed E-state index contributed by atoms with van der Waals surface area (Å²) in [5.41, 5.74) is 1.97. The average Bonchev–Trinajstić information content (AvgIpc) is 2.97. The van der Waals surface area contributed by atoms with Crippen LogP contribution >= 0.6 is 34.2 Å². The Hall–Kier alpha value is -0.360. The highest BCUT2D eigenvalue weighted by atomic mass is 127. The van der Waals surface area contributed by atoms with Crippen LogP contribution in [0.1, 0.15) is 50.7 Å². The zero-order valence-electron chi connectivity index (χ0n) is 12.3. The molecule has 2 aromatic rings. The molecule has 0 saturated heterocycles. The summed E-state index contributed by atoms with van der Waals surface area (Å²) in [4.78, 5) is 4.65. The van der Waals surface area contributed by atoms with E-state index in [1.807, 2.05) is 35.6 Å². The van der Waals surface area contributed by atoms with Crippen molar-refractivity contribution in [2.75, 3.05) is 0 Å². The Morgan fingerprint density at radius 1 is 1.43 bits per heavy atom. The van der Waals surface area contributed by atoms with Gasteiger partial charge in [0.05, 0.1) is 20.0 Å². The van der Waals surface area contributed by atoms with Crippen molar-refractivity contribution in [3.8, 4) is 0 Å². The molecular weight excluding hydrogens is 402 g/mol. The molecule has 1 atom stereocenters. The molecule has 1 heterocycles. The van der Waals surface area contributed by atoms with E-state index in [4.69, 9.17) is 11.6 Å². The monoisotopic (exact) mass is 420 g/mol. The topological polar surface area (TPSA) is 17.8 Å². The van der Waals surface area contributed by atoms with Gasteiger partial charge in [0, 0.05) is 12.6 Å². The van der Waals surface area contributed by atoms with E-state index in [0.29, 0.717) is 3.57 Å². The van der Waals surface area contributed by atoms with Crippen molar-refractivity contribution in [3.05, 3.63) is 27.3 Å². The van der Waals surface area contributed by atoms with Crippen molar-refractivity contribution in [1.82, 2.24) is 9.55 Å². The molecule has 2 nitrogen and oxygen atoms in total. The second-order valence-electron chi connectivity index (χ2n) is 6.44. The van der Waals surface area contributed by atoms with Gasteiger partial charge >= 0.3 is 0 Å². The summed E-state index contributed by atoms with van der Waals surface area (Å²) in [7, 11) is 0. The predicted molar refractivity (Wildman–Crippen MR) is 93.3 cm³/mol. The normalized spacial score (nSPS) is 19.3. The van der Waals surface area contributed by atoms with Gasteiger partial charge in [-0.2, -0.15) is 0 Å². The fourth-order valence-electron chi connectivity index (χ4n) is 3.38. The molecule has 0 spiro atoms. The van der Waals surface area contributed by atoms with E-state index < -0.39 is 0 Å². The van der Waals surface area contributed by atoms with Crippen LogP contribution in [-0.4, -0.2) is 9.55 Å². The van der Waals surface area contributed by atoms with Crippen LogP contribution in [0.3, 0.4) is 0 Å². The van der Waals surface area contributed by atoms with Gasteiger partial charge in [-0.25, -0.2) is 9.37 Å². The largest absolute Gasteiger partial charge is 0.326 e. The molecule has 3 rings (SSSR count). The molecule has 1 aromatic carbocycles. The Kier molecular flexibility index (Phi) is 4.21. The highest BCUT2D eigenvalue weighted by Crippen LogP contribution is 2.40. The van der Waals surface area contributed by atoms with E-state index >= 15 is 0 Å². The molecule has 0 bridgehead atoms. The van der Waals surface area contributed by atoms with Crippen LogP contribution in [0.25, 0.3) is 11.0 Å². The molecule has 1 aromatic heterocycles. The first-order valence-electron chi connectivity index (χ1n) is 7.39. The number of fused-ring (bicyclic) bond motifs is 1. The number of halogens is 3. The third-order valence-electron chi connectivity index (χ3n) is 4.53. The smallest absolute Gasteiger partial charge is 0.138 e. The van der Waals surface area contributed by atoms with Crippen molar-refractivity contribution < 1.29 is 4.39 Å². The Bertz CT molecular complexity index is 674. The van der Waals surface area contributed by atoms with Gasteiger partial charge in [0.15, 0.2) is 0 Å². The van der Waals surface area contributed by atoms with E-state index in [0.717, 1.165) is 23.4 Å². The lowest BCUT2D eigenvalue weighted by molar-refractivity contribution is 0.281. The zero-order chi connectivity index (χ0) is 15.2. The van der Waals surface area contributed by atoms with Crippen molar-refractivity contribution >= 4 is 45.2 Å². The number of alkyl halides is 1. The van der Waals surface area contributed by atoms with Crippen LogP contribution in [0.2, 0.25) is 0 Å². The second-order valence-corrected chi connectivity index (χ2v) is 8.26. The van der Waals surface area contributed by atoms with E-state index in [2.05, 4.69) is 16.5 Å². The number of aromatic nitrogens is 2. The van der Waals surface area contributed by atoms with E-state index in [1.54, 1.807) is 6.07 Å². The lowest BCUT2D eigenvalue weighted by Crippen LogP contribution is -2.21. The number of benzene rings is 1. The fraction of sp³-hybridized carbons (Fsp3) is 0.562. The fourth-order valence-corrected chi connectivity index (χ4v) is 3.99. The van der Waals surface area contributed by atoms with Crippen LogP contribution in [0.15, 0.2) is 12.1 Å². The zero-order valence-corrected chi connectivity index (χ0v) is 15.2. The van der Waals surface area contributed by atoms with Gasteiger partial charge in [-0.15, -0.1) is 11.6 Å². The third kappa shape index (κ3) is 2.93. The molecule has 1 fully saturated rings. The van der Waals surface area contributed by atoms with E-state index in [-0.39, 0.29) is 16.6 Å². The highest BCUT2D eigenvalue weighted by Gasteiger charge is 2.31. The van der Waals surface area contributed by atoms with Crippen LogP contribution in [-0.2, 0) is 6.54 Å². The average molecular weight is 421 g/mol. The molecular formula is C16H19ClFIN2. The SMILES string of the molecule is CC(Cl)c1nc2cc(I)c(F)cc2n1CC1(C)CCCC1. The maximum atomic E-state index is 14.0. The van der Waals surface area contributed by atoms with Crippen molar-refractivity contribution in [3.63, 3.8) is 0 Å². The molecule has 5 heteroatoms. The minimum Gasteiger partial charge on any atom is -0.326 e. The van der Waals surface area contributed by atoms with Crippen LogP contribution < -0.4 is 0 Å². The molecule has 1 aliphatic rings. The highest BCUT2D eigenvalue weighted by molar-refractivity contribution is 14.1. The Balaban J connectivity index is 2.13. The third-order valence-corrected chi connectivity index (χ3v) is 5.55. The van der Waals surface area contributed by atoms with Gasteiger partial charge in [-0.1, -0.05) is 19.8 Å². The summed E-state index contributed by atoms with van der Waals surface area (Å²) in [5, 5.41) is -0.178. The quantitative estimate of drug-likeness (QED) is 0.463. The standard InChI is InChI=1S/C16H19ClFIN2/c1-10(17)15-20-13-8-12(19)11(18)7-14(13)21(15)9-16(2)5-3-4-6-16/h7-8,10H,3-6,9H2,1-2H3. The van der Waals surface area contributed by atoms with Gasteiger partial charge in [0.25, 0.3) is 0 Å². The molecule has 114 valence electrons. The molecule has 0 N–H and O–H groups in total. The Morgan fingerprint density at radius 2 is 2.10 bits per heavy atom. The molecule has 0 radical (unpaired) electrons. The summed E-state index contributed by atoms with van der Waals surface area (Å²) < 4.78 is 16.7. The van der Waals surface area contributed by atoms with Gasteiger partial charge < -0.3 is 4.57 Å². The number of hydrogen-bond donors (Lipinski definition) is 0. The first-order valence-corrected chi connectivity index (χ1v) is 8.90. The summed E-state index contributed by atoms with van der Waals surface area (Å²) in [6, 6.07) is 3.41. The number of rotatable bonds is 3. The molecule has 1 unspecified atom stereocenters. The molecule has 21 heavy (non-hydrogen) atoms. The lowest BCUT2D eigenvalue weighted by atomic mass is 9.88. The van der Waals surface area contributed by atoms with Gasteiger partial charge in [-0.05, 0) is 53.8 Å². The summed E-state index contributed by atoms with van der Waals surface area (Å²) in [5.74, 6) is 0.663. The van der Waals surface area contributed by atoms with Gasteiger partial charge in [0.1, 0.15) is 11.6 Å². The van der Waals surface area contributed by atoms with Crippen LogP contribution in [0.5, 0.6) is 0 Å². The molecule has 1 aliphatic carbocycles. The molecule has 0 aliphatic heterocycles. The maximum absolute atomic E-state index is 14.0. The first-order chi connectivity index (χ1) is 9.89. The minimum atomic E-state index is -0.186. The van der Waals surface area contributed by atoms with E-state index in [1.165, 1.54) is 25.7 Å². The molecule has 0 amide bonds. The van der Waals surface area contributed by atoms with E-state index in [9.17, 15) is 4.39 Å². The van der Waals surface area contributed by atoms with Crippen LogP contribution in [0.4, 0.5) is 4.39 Å². The number of hydrogen-bond acceptors (Lipinski definition) is 1. The van der Waals surface area contributed by atoms with Crippen molar-refractivity contribution in [2.45, 2.75) is 51.5 Å². The molecule has 1 saturated carbocycles. The van der Waals surface area contributed by atoms with Crippen molar-refractivity contribution in [2.24, 2.45) is 5.41 Å². The lowest BCUT2D eigenvalue weighted by Gasteiger charge is -2.26. The Labute approximate surface area is 143 Å². The van der Waals surface area contributed by atoms with Gasteiger partial charge in [-0.3, -0.25) is 0 Å². The summed E-state index contributed by atoms with van der Waals surface area (Å²) >= 11 is 8.32. The van der Waals surface area contributed by atoms with Crippen LogP contribution in [0, 0.1) is 14.8 Å². The minimum absolute atomic E-state index is 0.178. The predicted octanol–water partition coefficient (Wildman–Crippen LogP) is 5.66. The van der Waals surface area contributed by atoms with Gasteiger partial charge in [0.2, 0.25) is 0 Å². The summed E-state index contributed by atoms with van der Waals surface area (Å²) in [6.45, 7) is 5.12. The summed E-state index contributed by atoms with van der Waals surface area (Å²) in [6.07, 6.45) is 4.99. The Morgan fingerprint density at radius 3 is 2.71 bits per heavy atom. The maximum Gasteiger partial charge on any atom is 0.138 e. The van der Waals surface area contributed by atoms with Crippen molar-refractivity contribution in [1.29, 1.82) is 0 Å². The second kappa shape index (κ2) is 5.69. The number of nitrogens with zero attached hydrogens (tertiary/aromatic N) is 2. The number of imidazole rings is 1.